The number of halogens is 1. The summed E-state index contributed by atoms with van der Waals surface area (Å²) >= 11 is 3.34. The van der Waals surface area contributed by atoms with E-state index in [0.717, 1.165) is 24.0 Å². The summed E-state index contributed by atoms with van der Waals surface area (Å²) in [4.78, 5) is 17.1. The Bertz CT molecular complexity index is 418. The third-order valence-corrected chi connectivity index (χ3v) is 3.37. The predicted molar refractivity (Wildman–Crippen MR) is 74.7 cm³/mol. The number of amides is 1. The standard InChI is InChI=1S/C13H17BrN2O3/c1-9(18-11-4-2-10(14)3-5-11)13(17)16-19-12-6-7-15-8-12/h2-5,9,12,15H,6-8H2,1H3,(H,16,17). The molecule has 1 amide bonds. The quantitative estimate of drug-likeness (QED) is 0.806. The lowest BCUT2D eigenvalue weighted by atomic mass is 10.3. The van der Waals surface area contributed by atoms with Crippen LogP contribution in [-0.2, 0) is 9.63 Å². The average Bonchev–Trinajstić information content (AvgIpc) is 2.91. The summed E-state index contributed by atoms with van der Waals surface area (Å²) in [6.07, 6.45) is 0.349. The van der Waals surface area contributed by atoms with Gasteiger partial charge in [0.25, 0.3) is 5.91 Å². The zero-order chi connectivity index (χ0) is 13.7. The minimum atomic E-state index is -0.601. The first-order valence-electron chi connectivity index (χ1n) is 6.23. The molecule has 1 aliphatic heterocycles. The molecular weight excluding hydrogens is 312 g/mol. The third-order valence-electron chi connectivity index (χ3n) is 2.84. The number of hydrogen-bond donors (Lipinski definition) is 2. The van der Waals surface area contributed by atoms with E-state index in [1.54, 1.807) is 19.1 Å². The SMILES string of the molecule is CC(Oc1ccc(Br)cc1)C(=O)NOC1CCNC1. The molecule has 0 saturated carbocycles. The van der Waals surface area contributed by atoms with Gasteiger partial charge in [0.2, 0.25) is 0 Å². The molecule has 2 N–H and O–H groups in total. The predicted octanol–water partition coefficient (Wildman–Crippen LogP) is 1.63. The van der Waals surface area contributed by atoms with Gasteiger partial charge in [0, 0.05) is 11.0 Å². The monoisotopic (exact) mass is 328 g/mol. The molecule has 6 heteroatoms. The van der Waals surface area contributed by atoms with Gasteiger partial charge in [-0.15, -0.1) is 0 Å². The first-order chi connectivity index (χ1) is 9.15. The Morgan fingerprint density at radius 1 is 1.47 bits per heavy atom. The van der Waals surface area contributed by atoms with Crippen molar-refractivity contribution in [3.8, 4) is 5.75 Å². The van der Waals surface area contributed by atoms with Crippen LogP contribution in [0.15, 0.2) is 28.7 Å². The highest BCUT2D eigenvalue weighted by Gasteiger charge is 2.19. The fourth-order valence-corrected chi connectivity index (χ4v) is 1.99. The molecule has 0 bridgehead atoms. The van der Waals surface area contributed by atoms with Gasteiger partial charge in [-0.3, -0.25) is 9.63 Å². The van der Waals surface area contributed by atoms with Crippen LogP contribution in [0.25, 0.3) is 0 Å². The van der Waals surface area contributed by atoms with E-state index in [0.29, 0.717) is 5.75 Å². The van der Waals surface area contributed by atoms with Crippen LogP contribution in [0, 0.1) is 0 Å². The number of carbonyl (C=O) groups is 1. The van der Waals surface area contributed by atoms with Crippen LogP contribution in [0.4, 0.5) is 0 Å². The van der Waals surface area contributed by atoms with Crippen molar-refractivity contribution < 1.29 is 14.4 Å². The lowest BCUT2D eigenvalue weighted by Gasteiger charge is -2.16. The fraction of sp³-hybridized carbons (Fsp3) is 0.462. The number of rotatable bonds is 5. The van der Waals surface area contributed by atoms with E-state index in [2.05, 4.69) is 26.7 Å². The minimum Gasteiger partial charge on any atom is -0.481 e. The van der Waals surface area contributed by atoms with Crippen molar-refractivity contribution in [3.05, 3.63) is 28.7 Å². The fourth-order valence-electron chi connectivity index (χ4n) is 1.72. The Morgan fingerprint density at radius 3 is 2.84 bits per heavy atom. The summed E-state index contributed by atoms with van der Waals surface area (Å²) in [6.45, 7) is 3.38. The highest BCUT2D eigenvalue weighted by atomic mass is 79.9. The molecule has 2 rings (SSSR count). The zero-order valence-electron chi connectivity index (χ0n) is 10.7. The summed E-state index contributed by atoms with van der Waals surface area (Å²) < 4.78 is 6.48. The van der Waals surface area contributed by atoms with Crippen molar-refractivity contribution in [1.82, 2.24) is 10.8 Å². The molecule has 1 aromatic carbocycles. The summed E-state index contributed by atoms with van der Waals surface area (Å²) in [7, 11) is 0. The molecule has 2 atom stereocenters. The van der Waals surface area contributed by atoms with Crippen molar-refractivity contribution >= 4 is 21.8 Å². The van der Waals surface area contributed by atoms with Crippen LogP contribution in [0.2, 0.25) is 0 Å². The van der Waals surface area contributed by atoms with Crippen molar-refractivity contribution in [2.45, 2.75) is 25.6 Å². The molecule has 5 nitrogen and oxygen atoms in total. The molecule has 0 radical (unpaired) electrons. The van der Waals surface area contributed by atoms with Crippen molar-refractivity contribution in [3.63, 3.8) is 0 Å². The first kappa shape index (κ1) is 14.3. The molecule has 0 spiro atoms. The molecule has 1 fully saturated rings. The van der Waals surface area contributed by atoms with Gasteiger partial charge >= 0.3 is 0 Å². The van der Waals surface area contributed by atoms with Gasteiger partial charge in [-0.25, -0.2) is 5.48 Å². The molecular formula is C13H17BrN2O3. The molecule has 0 aliphatic carbocycles. The molecule has 104 valence electrons. The van der Waals surface area contributed by atoms with Crippen molar-refractivity contribution in [2.75, 3.05) is 13.1 Å². The Balaban J connectivity index is 1.76. The van der Waals surface area contributed by atoms with Crippen LogP contribution in [0.3, 0.4) is 0 Å². The number of hydrogen-bond acceptors (Lipinski definition) is 4. The zero-order valence-corrected chi connectivity index (χ0v) is 12.3. The molecule has 1 saturated heterocycles. The van der Waals surface area contributed by atoms with Crippen molar-refractivity contribution in [2.24, 2.45) is 0 Å². The molecule has 19 heavy (non-hydrogen) atoms. The Morgan fingerprint density at radius 2 is 2.21 bits per heavy atom. The maximum Gasteiger partial charge on any atom is 0.284 e. The van der Waals surface area contributed by atoms with Crippen LogP contribution in [0.1, 0.15) is 13.3 Å². The van der Waals surface area contributed by atoms with Gasteiger partial charge in [0.1, 0.15) is 5.75 Å². The normalized spacial score (nSPS) is 20.0. The second kappa shape index (κ2) is 6.88. The smallest absolute Gasteiger partial charge is 0.284 e. The Labute approximate surface area is 120 Å². The van der Waals surface area contributed by atoms with Crippen LogP contribution in [-0.4, -0.2) is 31.2 Å². The Kier molecular flexibility index (Phi) is 5.18. The lowest BCUT2D eigenvalue weighted by molar-refractivity contribution is -0.144. The molecule has 1 aliphatic rings. The van der Waals surface area contributed by atoms with E-state index in [4.69, 9.17) is 9.57 Å². The van der Waals surface area contributed by atoms with Gasteiger partial charge in [0.15, 0.2) is 6.10 Å². The summed E-state index contributed by atoms with van der Waals surface area (Å²) in [5.74, 6) is 0.364. The van der Waals surface area contributed by atoms with E-state index < -0.39 is 6.10 Å². The maximum absolute atomic E-state index is 11.8. The number of hydroxylamine groups is 1. The number of nitrogens with one attached hydrogen (secondary N) is 2. The Hall–Kier alpha value is -1.11. The third kappa shape index (κ3) is 4.49. The minimum absolute atomic E-state index is 0.0452. The maximum atomic E-state index is 11.8. The van der Waals surface area contributed by atoms with E-state index in [1.165, 1.54) is 0 Å². The van der Waals surface area contributed by atoms with Crippen molar-refractivity contribution in [1.29, 1.82) is 0 Å². The van der Waals surface area contributed by atoms with Gasteiger partial charge in [-0.2, -0.15) is 0 Å². The van der Waals surface area contributed by atoms with Gasteiger partial charge in [-0.05, 0) is 44.2 Å². The van der Waals surface area contributed by atoms with E-state index in [-0.39, 0.29) is 12.0 Å². The second-order valence-electron chi connectivity index (χ2n) is 4.41. The highest BCUT2D eigenvalue weighted by Crippen LogP contribution is 2.17. The number of carbonyl (C=O) groups excluding carboxylic acids is 1. The number of benzene rings is 1. The molecule has 0 aromatic heterocycles. The number of ether oxygens (including phenoxy) is 1. The summed E-state index contributed by atoms with van der Waals surface area (Å²) in [6, 6.07) is 7.33. The van der Waals surface area contributed by atoms with Crippen LogP contribution < -0.4 is 15.5 Å². The lowest BCUT2D eigenvalue weighted by Crippen LogP contribution is -2.39. The van der Waals surface area contributed by atoms with Crippen LogP contribution >= 0.6 is 15.9 Å². The molecule has 1 heterocycles. The largest absolute Gasteiger partial charge is 0.481 e. The van der Waals surface area contributed by atoms with Gasteiger partial charge < -0.3 is 10.1 Å². The van der Waals surface area contributed by atoms with Gasteiger partial charge in [0.05, 0.1) is 6.10 Å². The molecule has 1 aromatic rings. The average molecular weight is 329 g/mol. The first-order valence-corrected chi connectivity index (χ1v) is 7.03. The molecule has 2 unspecified atom stereocenters. The summed E-state index contributed by atoms with van der Waals surface area (Å²) in [5, 5.41) is 3.16. The van der Waals surface area contributed by atoms with E-state index >= 15 is 0 Å². The van der Waals surface area contributed by atoms with E-state index in [9.17, 15) is 4.79 Å². The van der Waals surface area contributed by atoms with Gasteiger partial charge in [-0.1, -0.05) is 15.9 Å². The second-order valence-corrected chi connectivity index (χ2v) is 5.33. The van der Waals surface area contributed by atoms with Crippen LogP contribution in [0.5, 0.6) is 5.75 Å². The van der Waals surface area contributed by atoms with E-state index in [1.807, 2.05) is 12.1 Å². The summed E-state index contributed by atoms with van der Waals surface area (Å²) in [5.41, 5.74) is 2.44. The topological polar surface area (TPSA) is 59.6 Å². The highest BCUT2D eigenvalue weighted by molar-refractivity contribution is 9.10.